The molecule has 0 N–H and O–H groups in total. The van der Waals surface area contributed by atoms with Gasteiger partial charge in [0.05, 0.1) is 12.3 Å². The number of aryl methyl sites for hydroxylation is 3. The number of nitrogens with zero attached hydrogens (tertiary/aromatic N) is 3. The SMILES string of the molecule is N#Cc1c2c(nn(CCc3ccc4c(c3)CCO4)c1=O)CCCC2. The molecule has 1 aromatic carbocycles. The number of benzene rings is 1. The first kappa shape index (κ1) is 14.9. The van der Waals surface area contributed by atoms with Crippen molar-refractivity contribution in [2.24, 2.45) is 0 Å². The van der Waals surface area contributed by atoms with E-state index in [1.54, 1.807) is 0 Å². The highest BCUT2D eigenvalue weighted by Crippen LogP contribution is 2.26. The third-order valence-corrected chi connectivity index (χ3v) is 4.91. The van der Waals surface area contributed by atoms with Crippen molar-refractivity contribution in [3.8, 4) is 11.8 Å². The van der Waals surface area contributed by atoms with Crippen LogP contribution in [-0.4, -0.2) is 16.4 Å². The third-order valence-electron chi connectivity index (χ3n) is 4.91. The van der Waals surface area contributed by atoms with Crippen molar-refractivity contribution in [3.05, 3.63) is 56.5 Å². The van der Waals surface area contributed by atoms with Crippen LogP contribution in [0, 0.1) is 11.3 Å². The average molecular weight is 321 g/mol. The monoisotopic (exact) mass is 321 g/mol. The van der Waals surface area contributed by atoms with Gasteiger partial charge in [-0.15, -0.1) is 0 Å². The summed E-state index contributed by atoms with van der Waals surface area (Å²) in [6.45, 7) is 1.25. The molecule has 1 aliphatic heterocycles. The van der Waals surface area contributed by atoms with E-state index in [2.05, 4.69) is 17.2 Å². The van der Waals surface area contributed by atoms with Crippen LogP contribution < -0.4 is 10.3 Å². The van der Waals surface area contributed by atoms with E-state index in [0.717, 1.165) is 62.1 Å². The lowest BCUT2D eigenvalue weighted by Crippen LogP contribution is -2.30. The normalized spacial score (nSPS) is 15.3. The van der Waals surface area contributed by atoms with Crippen LogP contribution in [0.1, 0.15) is 40.8 Å². The Labute approximate surface area is 140 Å². The minimum Gasteiger partial charge on any atom is -0.493 e. The van der Waals surface area contributed by atoms with Gasteiger partial charge >= 0.3 is 0 Å². The molecule has 5 heteroatoms. The van der Waals surface area contributed by atoms with E-state index in [4.69, 9.17) is 4.74 Å². The van der Waals surface area contributed by atoms with Gasteiger partial charge < -0.3 is 4.74 Å². The Kier molecular flexibility index (Phi) is 3.81. The maximum Gasteiger partial charge on any atom is 0.284 e. The molecule has 4 rings (SSSR count). The summed E-state index contributed by atoms with van der Waals surface area (Å²) in [7, 11) is 0. The number of ether oxygens (including phenoxy) is 1. The molecule has 1 aliphatic carbocycles. The highest BCUT2D eigenvalue weighted by Gasteiger charge is 2.20. The summed E-state index contributed by atoms with van der Waals surface area (Å²) in [6, 6.07) is 8.30. The minimum absolute atomic E-state index is 0.248. The fourth-order valence-corrected chi connectivity index (χ4v) is 3.62. The van der Waals surface area contributed by atoms with Gasteiger partial charge in [-0.25, -0.2) is 4.68 Å². The molecule has 0 spiro atoms. The van der Waals surface area contributed by atoms with Gasteiger partial charge in [0.25, 0.3) is 5.56 Å². The van der Waals surface area contributed by atoms with Crippen molar-refractivity contribution in [2.45, 2.75) is 45.1 Å². The molecule has 0 unspecified atom stereocenters. The van der Waals surface area contributed by atoms with Crippen LogP contribution in [0.2, 0.25) is 0 Å². The molecule has 0 saturated heterocycles. The van der Waals surface area contributed by atoms with Crippen molar-refractivity contribution in [2.75, 3.05) is 6.61 Å². The summed E-state index contributed by atoms with van der Waals surface area (Å²) in [5, 5.41) is 13.9. The smallest absolute Gasteiger partial charge is 0.284 e. The predicted molar refractivity (Wildman–Crippen MR) is 89.2 cm³/mol. The maximum absolute atomic E-state index is 12.5. The van der Waals surface area contributed by atoms with Crippen molar-refractivity contribution in [3.63, 3.8) is 0 Å². The minimum atomic E-state index is -0.248. The molecule has 24 heavy (non-hydrogen) atoms. The second kappa shape index (κ2) is 6.12. The van der Waals surface area contributed by atoms with Gasteiger partial charge in [-0.1, -0.05) is 12.1 Å². The summed E-state index contributed by atoms with van der Waals surface area (Å²) in [5.41, 5.74) is 4.25. The lowest BCUT2D eigenvalue weighted by atomic mass is 9.93. The van der Waals surface area contributed by atoms with Gasteiger partial charge in [-0.05, 0) is 54.9 Å². The molecule has 2 aromatic rings. The van der Waals surface area contributed by atoms with Gasteiger partial charge in [-0.2, -0.15) is 10.4 Å². The number of aromatic nitrogens is 2. The fourth-order valence-electron chi connectivity index (χ4n) is 3.62. The molecule has 2 aliphatic rings. The zero-order valence-corrected chi connectivity index (χ0v) is 13.5. The van der Waals surface area contributed by atoms with Gasteiger partial charge in [0.15, 0.2) is 0 Å². The molecule has 5 nitrogen and oxygen atoms in total. The molecular weight excluding hydrogens is 302 g/mol. The van der Waals surface area contributed by atoms with Crippen molar-refractivity contribution < 1.29 is 4.74 Å². The van der Waals surface area contributed by atoms with E-state index in [9.17, 15) is 10.1 Å². The number of hydrogen-bond donors (Lipinski definition) is 0. The van der Waals surface area contributed by atoms with Crippen LogP contribution in [0.4, 0.5) is 0 Å². The number of nitriles is 1. The van der Waals surface area contributed by atoms with E-state index in [1.807, 2.05) is 12.1 Å². The molecule has 0 amide bonds. The van der Waals surface area contributed by atoms with Crippen LogP contribution in [0.15, 0.2) is 23.0 Å². The molecule has 2 heterocycles. The maximum atomic E-state index is 12.5. The lowest BCUT2D eigenvalue weighted by molar-refractivity contribution is 0.357. The predicted octanol–water partition coefficient (Wildman–Crippen LogP) is 2.17. The van der Waals surface area contributed by atoms with Gasteiger partial charge in [0, 0.05) is 13.0 Å². The average Bonchev–Trinajstić information content (AvgIpc) is 3.08. The topological polar surface area (TPSA) is 67.9 Å². The third kappa shape index (κ3) is 2.58. The molecule has 0 atom stereocenters. The molecular formula is C19H19N3O2. The quantitative estimate of drug-likeness (QED) is 0.869. The largest absolute Gasteiger partial charge is 0.493 e. The molecule has 0 radical (unpaired) electrons. The number of rotatable bonds is 3. The van der Waals surface area contributed by atoms with Crippen molar-refractivity contribution in [1.29, 1.82) is 5.26 Å². The summed E-state index contributed by atoms with van der Waals surface area (Å²) in [6.07, 6.45) is 5.44. The van der Waals surface area contributed by atoms with E-state index < -0.39 is 0 Å². The van der Waals surface area contributed by atoms with E-state index in [-0.39, 0.29) is 5.56 Å². The van der Waals surface area contributed by atoms with E-state index in [0.29, 0.717) is 12.1 Å². The van der Waals surface area contributed by atoms with E-state index in [1.165, 1.54) is 15.8 Å². The van der Waals surface area contributed by atoms with Crippen LogP contribution in [0.3, 0.4) is 0 Å². The van der Waals surface area contributed by atoms with Crippen molar-refractivity contribution >= 4 is 0 Å². The van der Waals surface area contributed by atoms with E-state index >= 15 is 0 Å². The zero-order valence-electron chi connectivity index (χ0n) is 13.5. The summed E-state index contributed by atoms with van der Waals surface area (Å²) >= 11 is 0. The number of fused-ring (bicyclic) bond motifs is 2. The van der Waals surface area contributed by atoms with Gasteiger partial charge in [0.1, 0.15) is 17.4 Å². The molecule has 0 fully saturated rings. The lowest BCUT2D eigenvalue weighted by Gasteiger charge is -2.17. The second-order valence-corrected chi connectivity index (χ2v) is 6.44. The van der Waals surface area contributed by atoms with Crippen molar-refractivity contribution in [1.82, 2.24) is 9.78 Å². The Morgan fingerprint density at radius 2 is 2.12 bits per heavy atom. The van der Waals surface area contributed by atoms with Gasteiger partial charge in [0.2, 0.25) is 0 Å². The number of hydrogen-bond acceptors (Lipinski definition) is 4. The summed E-state index contributed by atoms with van der Waals surface area (Å²) in [5.74, 6) is 0.967. The zero-order chi connectivity index (χ0) is 16.5. The highest BCUT2D eigenvalue weighted by molar-refractivity contribution is 5.40. The van der Waals surface area contributed by atoms with Crippen LogP contribution >= 0.6 is 0 Å². The molecule has 0 saturated carbocycles. The first-order valence-electron chi connectivity index (χ1n) is 8.54. The summed E-state index contributed by atoms with van der Waals surface area (Å²) in [4.78, 5) is 12.5. The standard InChI is InChI=1S/C19H19N3O2/c20-12-16-15-3-1-2-4-17(15)21-22(19(16)23)9-7-13-5-6-18-14(11-13)8-10-24-18/h5-6,11H,1-4,7-10H2. The Hall–Kier alpha value is -2.61. The van der Waals surface area contributed by atoms with Crippen LogP contribution in [0.5, 0.6) is 5.75 Å². The Morgan fingerprint density at radius 1 is 1.25 bits per heavy atom. The summed E-state index contributed by atoms with van der Waals surface area (Å²) < 4.78 is 7.00. The highest BCUT2D eigenvalue weighted by atomic mass is 16.5. The Morgan fingerprint density at radius 3 is 3.00 bits per heavy atom. The Balaban J connectivity index is 1.61. The fraction of sp³-hybridized carbons (Fsp3) is 0.421. The first-order valence-corrected chi connectivity index (χ1v) is 8.54. The molecule has 1 aromatic heterocycles. The molecule has 122 valence electrons. The second-order valence-electron chi connectivity index (χ2n) is 6.44. The molecule has 0 bridgehead atoms. The van der Waals surface area contributed by atoms with Crippen LogP contribution in [0.25, 0.3) is 0 Å². The van der Waals surface area contributed by atoms with Gasteiger partial charge in [-0.3, -0.25) is 4.79 Å². The Bertz CT molecular complexity index is 893. The first-order chi connectivity index (χ1) is 11.8. The van der Waals surface area contributed by atoms with Crippen LogP contribution in [-0.2, 0) is 32.2 Å².